The van der Waals surface area contributed by atoms with Crippen LogP contribution in [-0.2, 0) is 4.74 Å². The van der Waals surface area contributed by atoms with Crippen molar-refractivity contribution in [3.63, 3.8) is 0 Å². The first kappa shape index (κ1) is 13.0. The van der Waals surface area contributed by atoms with E-state index in [2.05, 4.69) is 45.2 Å². The first-order valence-electron chi connectivity index (χ1n) is 4.30. The monoisotopic (exact) mass is 432 g/mol. The Morgan fingerprint density at radius 1 is 1.40 bits per heavy atom. The first-order valence-corrected chi connectivity index (χ1v) is 6.46. The van der Waals surface area contributed by atoms with E-state index in [0.717, 1.165) is 7.14 Å². The van der Waals surface area contributed by atoms with Crippen LogP contribution in [0.25, 0.3) is 0 Å². The van der Waals surface area contributed by atoms with Crippen LogP contribution in [0.15, 0.2) is 12.1 Å². The molecular weight excluding hydrogens is 422 g/mol. The van der Waals surface area contributed by atoms with Crippen molar-refractivity contribution < 1.29 is 14.3 Å². The summed E-state index contributed by atoms with van der Waals surface area (Å²) in [6, 6.07) is 3.67. The van der Waals surface area contributed by atoms with E-state index in [1.54, 1.807) is 20.1 Å². The Hall–Kier alpha value is -0.0500. The van der Waals surface area contributed by atoms with Crippen LogP contribution in [0.2, 0.25) is 0 Å². The summed E-state index contributed by atoms with van der Waals surface area (Å²) >= 11 is 4.23. The molecular formula is C10H10I2O3. The summed E-state index contributed by atoms with van der Waals surface area (Å²) < 4.78 is 11.9. The van der Waals surface area contributed by atoms with E-state index < -0.39 is 0 Å². The highest BCUT2D eigenvalue weighted by atomic mass is 127. The van der Waals surface area contributed by atoms with Gasteiger partial charge in [0, 0.05) is 3.57 Å². The average Bonchev–Trinajstić information content (AvgIpc) is 2.21. The molecule has 0 atom stereocenters. The van der Waals surface area contributed by atoms with E-state index in [0.29, 0.717) is 17.9 Å². The van der Waals surface area contributed by atoms with Gasteiger partial charge in [0.2, 0.25) is 0 Å². The number of ether oxygens (including phenoxy) is 2. The summed E-state index contributed by atoms with van der Waals surface area (Å²) in [5.74, 6) is 0.393. The Morgan fingerprint density at radius 2 is 2.07 bits per heavy atom. The maximum atomic E-state index is 11.6. The molecule has 15 heavy (non-hydrogen) atoms. The molecule has 0 fully saturated rings. The van der Waals surface area contributed by atoms with Crippen LogP contribution in [0, 0.1) is 7.14 Å². The predicted octanol–water partition coefficient (Wildman–Crippen LogP) is 3.08. The Morgan fingerprint density at radius 3 is 2.60 bits per heavy atom. The average molecular weight is 432 g/mol. The maximum absolute atomic E-state index is 11.6. The highest BCUT2D eigenvalue weighted by molar-refractivity contribution is 14.1. The van der Waals surface area contributed by atoms with Crippen LogP contribution >= 0.6 is 45.2 Å². The first-order chi connectivity index (χ1) is 7.10. The molecule has 0 aromatic heterocycles. The molecule has 0 amide bonds. The summed E-state index contributed by atoms with van der Waals surface area (Å²) in [4.78, 5) is 11.6. The van der Waals surface area contributed by atoms with E-state index in [-0.39, 0.29) is 5.97 Å². The molecule has 0 aliphatic heterocycles. The Bertz CT molecular complexity index is 377. The largest absolute Gasteiger partial charge is 0.496 e. The molecule has 0 bridgehead atoms. The zero-order chi connectivity index (χ0) is 11.4. The molecule has 5 heteroatoms. The van der Waals surface area contributed by atoms with Gasteiger partial charge < -0.3 is 9.47 Å². The van der Waals surface area contributed by atoms with Crippen LogP contribution in [0.1, 0.15) is 17.3 Å². The van der Waals surface area contributed by atoms with Crippen LogP contribution in [0.4, 0.5) is 0 Å². The minimum Gasteiger partial charge on any atom is -0.496 e. The van der Waals surface area contributed by atoms with Gasteiger partial charge in [-0.25, -0.2) is 4.79 Å². The van der Waals surface area contributed by atoms with Gasteiger partial charge >= 0.3 is 5.97 Å². The lowest BCUT2D eigenvalue weighted by Gasteiger charge is -2.09. The fourth-order valence-electron chi connectivity index (χ4n) is 1.07. The molecule has 1 rings (SSSR count). The number of methoxy groups -OCH3 is 1. The zero-order valence-electron chi connectivity index (χ0n) is 8.34. The lowest BCUT2D eigenvalue weighted by Crippen LogP contribution is -2.08. The third-order valence-electron chi connectivity index (χ3n) is 1.72. The van der Waals surface area contributed by atoms with Crippen LogP contribution < -0.4 is 4.74 Å². The highest BCUT2D eigenvalue weighted by Crippen LogP contribution is 2.27. The number of carbonyl (C=O) groups excluding carboxylic acids is 1. The van der Waals surface area contributed by atoms with Crippen LogP contribution in [-0.4, -0.2) is 19.7 Å². The number of hydrogen-bond acceptors (Lipinski definition) is 3. The molecule has 0 heterocycles. The molecule has 0 unspecified atom stereocenters. The number of benzene rings is 1. The summed E-state index contributed by atoms with van der Waals surface area (Å²) in [6.45, 7) is 2.17. The lowest BCUT2D eigenvalue weighted by atomic mass is 10.2. The molecule has 82 valence electrons. The minimum absolute atomic E-state index is 0.307. The van der Waals surface area contributed by atoms with Crippen molar-refractivity contribution in [1.29, 1.82) is 0 Å². The van der Waals surface area contributed by atoms with E-state index >= 15 is 0 Å². The van der Waals surface area contributed by atoms with Gasteiger partial charge in [0.15, 0.2) is 0 Å². The number of rotatable bonds is 3. The molecule has 1 aromatic carbocycles. The second-order valence-corrected chi connectivity index (χ2v) is 5.01. The number of carbonyl (C=O) groups is 1. The number of halogens is 2. The number of esters is 1. The minimum atomic E-state index is -0.307. The summed E-state index contributed by atoms with van der Waals surface area (Å²) in [5.41, 5.74) is 0.557. The second-order valence-electron chi connectivity index (χ2n) is 2.69. The van der Waals surface area contributed by atoms with Crippen molar-refractivity contribution in [3.8, 4) is 5.75 Å². The van der Waals surface area contributed by atoms with Gasteiger partial charge in [-0.05, 0) is 64.2 Å². The molecule has 0 aliphatic rings. The normalized spacial score (nSPS) is 9.87. The molecule has 3 nitrogen and oxygen atoms in total. The zero-order valence-corrected chi connectivity index (χ0v) is 12.7. The third kappa shape index (κ3) is 3.20. The van der Waals surface area contributed by atoms with Gasteiger partial charge in [0.1, 0.15) is 5.75 Å². The molecule has 0 N–H and O–H groups in total. The van der Waals surface area contributed by atoms with E-state index in [4.69, 9.17) is 9.47 Å². The molecule has 1 aromatic rings. The molecule has 0 aliphatic carbocycles. The summed E-state index contributed by atoms with van der Waals surface area (Å²) in [5, 5.41) is 0. The van der Waals surface area contributed by atoms with Crippen molar-refractivity contribution >= 4 is 51.2 Å². The third-order valence-corrected chi connectivity index (χ3v) is 3.45. The smallest absolute Gasteiger partial charge is 0.339 e. The SMILES string of the molecule is CCOC(=O)c1cc(I)cc(OC)c1I. The van der Waals surface area contributed by atoms with Crippen molar-refractivity contribution in [2.75, 3.05) is 13.7 Å². The van der Waals surface area contributed by atoms with Crippen molar-refractivity contribution in [1.82, 2.24) is 0 Å². The molecule has 0 saturated heterocycles. The Labute approximate surface area is 116 Å². The van der Waals surface area contributed by atoms with Gasteiger partial charge in [-0.1, -0.05) is 0 Å². The van der Waals surface area contributed by atoms with Gasteiger partial charge in [0.05, 0.1) is 22.9 Å². The second kappa shape index (κ2) is 5.88. The Kier molecular flexibility index (Phi) is 5.10. The Balaban J connectivity index is 3.17. The molecule has 0 saturated carbocycles. The molecule has 0 spiro atoms. The topological polar surface area (TPSA) is 35.5 Å². The van der Waals surface area contributed by atoms with Gasteiger partial charge in [-0.3, -0.25) is 0 Å². The quantitative estimate of drug-likeness (QED) is 0.545. The summed E-state index contributed by atoms with van der Waals surface area (Å²) in [6.07, 6.45) is 0. The molecule has 0 radical (unpaired) electrons. The fraction of sp³-hybridized carbons (Fsp3) is 0.300. The van der Waals surface area contributed by atoms with E-state index in [1.807, 2.05) is 6.07 Å². The number of hydrogen-bond donors (Lipinski definition) is 0. The van der Waals surface area contributed by atoms with E-state index in [9.17, 15) is 4.79 Å². The van der Waals surface area contributed by atoms with Crippen molar-refractivity contribution in [2.45, 2.75) is 6.92 Å². The van der Waals surface area contributed by atoms with Crippen LogP contribution in [0.5, 0.6) is 5.75 Å². The van der Waals surface area contributed by atoms with Gasteiger partial charge in [-0.2, -0.15) is 0 Å². The maximum Gasteiger partial charge on any atom is 0.339 e. The summed E-state index contributed by atoms with van der Waals surface area (Å²) in [7, 11) is 1.59. The standard InChI is InChI=1S/C10H10I2O3/c1-3-15-10(13)7-4-6(11)5-8(14-2)9(7)12/h4-5H,3H2,1-2H3. The lowest BCUT2D eigenvalue weighted by molar-refractivity contribution is 0.0524. The van der Waals surface area contributed by atoms with Gasteiger partial charge in [0.25, 0.3) is 0 Å². The van der Waals surface area contributed by atoms with Gasteiger partial charge in [-0.15, -0.1) is 0 Å². The van der Waals surface area contributed by atoms with E-state index in [1.165, 1.54) is 0 Å². The van der Waals surface area contributed by atoms with Crippen molar-refractivity contribution in [3.05, 3.63) is 24.8 Å². The van der Waals surface area contributed by atoms with Crippen molar-refractivity contribution in [2.24, 2.45) is 0 Å². The highest BCUT2D eigenvalue weighted by Gasteiger charge is 2.15. The fourth-order valence-corrected chi connectivity index (χ4v) is 2.42. The van der Waals surface area contributed by atoms with Crippen LogP contribution in [0.3, 0.4) is 0 Å². The predicted molar refractivity (Wildman–Crippen MR) is 74.4 cm³/mol.